The Kier molecular flexibility index (Phi) is 4.21. The molecule has 0 bridgehead atoms. The maximum atomic E-state index is 5.73. The summed E-state index contributed by atoms with van der Waals surface area (Å²) >= 11 is 3.46. The molecule has 0 amide bonds. The standard InChI is InChI=1S/C12H16BrNO2/c1-14-6-7-15-10(8-14)9-16-12-5-3-2-4-11(12)13/h2-5,10H,6-9H2,1H3/t10-/m1/s1. The van der Waals surface area contributed by atoms with Gasteiger partial charge in [-0.05, 0) is 35.1 Å². The number of likely N-dealkylation sites (N-methyl/N-ethyl adjacent to an activating group) is 1. The second-order valence-corrected chi connectivity index (χ2v) is 4.85. The third-order valence-electron chi connectivity index (χ3n) is 2.60. The van der Waals surface area contributed by atoms with Crippen LogP contribution in [0.2, 0.25) is 0 Å². The molecule has 0 saturated carbocycles. The van der Waals surface area contributed by atoms with Gasteiger partial charge >= 0.3 is 0 Å². The quantitative estimate of drug-likeness (QED) is 0.850. The van der Waals surface area contributed by atoms with Crippen molar-refractivity contribution in [3.63, 3.8) is 0 Å². The predicted octanol–water partition coefficient (Wildman–Crippen LogP) is 2.16. The van der Waals surface area contributed by atoms with Gasteiger partial charge in [-0.3, -0.25) is 0 Å². The van der Waals surface area contributed by atoms with Crippen LogP contribution in [0.25, 0.3) is 0 Å². The van der Waals surface area contributed by atoms with Gasteiger partial charge in [0.15, 0.2) is 0 Å². The second kappa shape index (κ2) is 5.66. The third-order valence-corrected chi connectivity index (χ3v) is 3.26. The highest BCUT2D eigenvalue weighted by Crippen LogP contribution is 2.24. The summed E-state index contributed by atoms with van der Waals surface area (Å²) < 4.78 is 12.3. The van der Waals surface area contributed by atoms with Crippen molar-refractivity contribution in [1.82, 2.24) is 4.90 Å². The van der Waals surface area contributed by atoms with Crippen molar-refractivity contribution in [3.8, 4) is 5.75 Å². The smallest absolute Gasteiger partial charge is 0.133 e. The highest BCUT2D eigenvalue weighted by atomic mass is 79.9. The number of hydrogen-bond donors (Lipinski definition) is 0. The molecule has 1 fully saturated rings. The number of nitrogens with zero attached hydrogens (tertiary/aromatic N) is 1. The van der Waals surface area contributed by atoms with E-state index >= 15 is 0 Å². The van der Waals surface area contributed by atoms with Gasteiger partial charge in [0.25, 0.3) is 0 Å². The number of morpholine rings is 1. The first-order chi connectivity index (χ1) is 7.75. The second-order valence-electron chi connectivity index (χ2n) is 4.00. The van der Waals surface area contributed by atoms with Gasteiger partial charge in [-0.2, -0.15) is 0 Å². The Balaban J connectivity index is 1.85. The first-order valence-corrected chi connectivity index (χ1v) is 6.22. The van der Waals surface area contributed by atoms with Gasteiger partial charge in [-0.25, -0.2) is 0 Å². The first-order valence-electron chi connectivity index (χ1n) is 5.43. The molecule has 1 aliphatic rings. The molecule has 4 heteroatoms. The summed E-state index contributed by atoms with van der Waals surface area (Å²) in [5.41, 5.74) is 0. The molecule has 3 nitrogen and oxygen atoms in total. The average molecular weight is 286 g/mol. The number of para-hydroxylation sites is 1. The minimum absolute atomic E-state index is 0.172. The summed E-state index contributed by atoms with van der Waals surface area (Å²) in [6.45, 7) is 3.34. The van der Waals surface area contributed by atoms with Crippen LogP contribution in [0.1, 0.15) is 0 Å². The van der Waals surface area contributed by atoms with Crippen LogP contribution in [-0.4, -0.2) is 44.4 Å². The molecule has 1 heterocycles. The topological polar surface area (TPSA) is 21.7 Å². The predicted molar refractivity (Wildman–Crippen MR) is 66.9 cm³/mol. The molecule has 1 aromatic rings. The van der Waals surface area contributed by atoms with Crippen molar-refractivity contribution in [2.24, 2.45) is 0 Å². The Morgan fingerprint density at radius 1 is 1.50 bits per heavy atom. The van der Waals surface area contributed by atoms with Gasteiger partial charge in [-0.15, -0.1) is 0 Å². The van der Waals surface area contributed by atoms with Crippen LogP contribution in [0, 0.1) is 0 Å². The van der Waals surface area contributed by atoms with Crippen LogP contribution in [0.15, 0.2) is 28.7 Å². The molecular weight excluding hydrogens is 270 g/mol. The minimum atomic E-state index is 0.172. The molecule has 1 saturated heterocycles. The SMILES string of the molecule is CN1CCO[C@@H](COc2ccccc2Br)C1. The summed E-state index contributed by atoms with van der Waals surface area (Å²) in [5.74, 6) is 0.874. The largest absolute Gasteiger partial charge is 0.490 e. The Labute approximate surface area is 104 Å². The molecule has 1 aromatic carbocycles. The lowest BCUT2D eigenvalue weighted by atomic mass is 10.3. The third kappa shape index (κ3) is 3.20. The summed E-state index contributed by atoms with van der Waals surface area (Å²) in [6.07, 6.45) is 0.172. The van der Waals surface area contributed by atoms with E-state index in [-0.39, 0.29) is 6.10 Å². The fraction of sp³-hybridized carbons (Fsp3) is 0.500. The molecule has 0 unspecified atom stereocenters. The van der Waals surface area contributed by atoms with Crippen LogP contribution >= 0.6 is 15.9 Å². The van der Waals surface area contributed by atoms with Crippen LogP contribution in [0.4, 0.5) is 0 Å². The van der Waals surface area contributed by atoms with Gasteiger partial charge in [0.05, 0.1) is 11.1 Å². The lowest BCUT2D eigenvalue weighted by molar-refractivity contribution is -0.0404. The number of halogens is 1. The molecule has 0 radical (unpaired) electrons. The van der Waals surface area contributed by atoms with Crippen molar-refractivity contribution in [1.29, 1.82) is 0 Å². The van der Waals surface area contributed by atoms with E-state index in [0.29, 0.717) is 6.61 Å². The fourth-order valence-electron chi connectivity index (χ4n) is 1.71. The normalized spacial score (nSPS) is 22.0. The Morgan fingerprint density at radius 2 is 2.31 bits per heavy atom. The van der Waals surface area contributed by atoms with Crippen LogP contribution < -0.4 is 4.74 Å². The Hall–Kier alpha value is -0.580. The van der Waals surface area contributed by atoms with Gasteiger partial charge in [0, 0.05) is 13.1 Å². The Bertz CT molecular complexity index is 346. The summed E-state index contributed by atoms with van der Waals surface area (Å²) in [4.78, 5) is 2.26. The van der Waals surface area contributed by atoms with Gasteiger partial charge in [-0.1, -0.05) is 12.1 Å². The molecule has 88 valence electrons. The number of rotatable bonds is 3. The number of ether oxygens (including phenoxy) is 2. The fourth-order valence-corrected chi connectivity index (χ4v) is 2.11. The zero-order chi connectivity index (χ0) is 11.4. The summed E-state index contributed by atoms with van der Waals surface area (Å²) in [7, 11) is 2.11. The molecule has 16 heavy (non-hydrogen) atoms. The van der Waals surface area contributed by atoms with E-state index in [0.717, 1.165) is 29.9 Å². The van der Waals surface area contributed by atoms with E-state index in [1.54, 1.807) is 0 Å². The van der Waals surface area contributed by atoms with E-state index in [1.807, 2.05) is 24.3 Å². The maximum absolute atomic E-state index is 5.73. The maximum Gasteiger partial charge on any atom is 0.133 e. The lowest BCUT2D eigenvalue weighted by Crippen LogP contribution is -2.42. The molecule has 1 aliphatic heterocycles. The van der Waals surface area contributed by atoms with Gasteiger partial charge in [0.2, 0.25) is 0 Å². The van der Waals surface area contributed by atoms with E-state index in [2.05, 4.69) is 27.9 Å². The van der Waals surface area contributed by atoms with Crippen LogP contribution in [0.3, 0.4) is 0 Å². The van der Waals surface area contributed by atoms with Crippen molar-refractivity contribution in [2.45, 2.75) is 6.10 Å². The number of benzene rings is 1. The van der Waals surface area contributed by atoms with E-state index < -0.39 is 0 Å². The first kappa shape index (κ1) is 11.9. The van der Waals surface area contributed by atoms with E-state index in [9.17, 15) is 0 Å². The zero-order valence-corrected chi connectivity index (χ0v) is 10.9. The molecule has 1 atom stereocenters. The molecule has 0 aliphatic carbocycles. The molecule has 0 N–H and O–H groups in total. The summed E-state index contributed by atoms with van der Waals surface area (Å²) in [6, 6.07) is 7.87. The molecule has 2 rings (SSSR count). The molecule has 0 aromatic heterocycles. The minimum Gasteiger partial charge on any atom is -0.490 e. The van der Waals surface area contributed by atoms with Crippen molar-refractivity contribution in [2.75, 3.05) is 33.4 Å². The van der Waals surface area contributed by atoms with Crippen molar-refractivity contribution < 1.29 is 9.47 Å². The molecular formula is C12H16BrNO2. The monoisotopic (exact) mass is 285 g/mol. The van der Waals surface area contributed by atoms with Crippen molar-refractivity contribution in [3.05, 3.63) is 28.7 Å². The van der Waals surface area contributed by atoms with Crippen LogP contribution in [-0.2, 0) is 4.74 Å². The Morgan fingerprint density at radius 3 is 3.06 bits per heavy atom. The zero-order valence-electron chi connectivity index (χ0n) is 9.36. The highest BCUT2D eigenvalue weighted by Gasteiger charge is 2.18. The van der Waals surface area contributed by atoms with Crippen LogP contribution in [0.5, 0.6) is 5.75 Å². The summed E-state index contributed by atoms with van der Waals surface area (Å²) in [5, 5.41) is 0. The van der Waals surface area contributed by atoms with Crippen molar-refractivity contribution >= 4 is 15.9 Å². The van der Waals surface area contributed by atoms with E-state index in [1.165, 1.54) is 0 Å². The van der Waals surface area contributed by atoms with E-state index in [4.69, 9.17) is 9.47 Å². The van der Waals surface area contributed by atoms with Gasteiger partial charge in [0.1, 0.15) is 18.5 Å². The lowest BCUT2D eigenvalue weighted by Gasteiger charge is -2.29. The number of hydrogen-bond acceptors (Lipinski definition) is 3. The highest BCUT2D eigenvalue weighted by molar-refractivity contribution is 9.10. The molecule has 0 spiro atoms. The van der Waals surface area contributed by atoms with Gasteiger partial charge < -0.3 is 14.4 Å². The average Bonchev–Trinajstić information content (AvgIpc) is 2.28.